The largest absolute Gasteiger partial charge is 0.462 e. The molecule has 1 atom stereocenters. The molecular weight excluding hydrogens is 402 g/mol. The van der Waals surface area contributed by atoms with Gasteiger partial charge in [-0.1, -0.05) is 19.3 Å². The van der Waals surface area contributed by atoms with E-state index < -0.39 is 0 Å². The van der Waals surface area contributed by atoms with Gasteiger partial charge in [0, 0.05) is 20.6 Å². The van der Waals surface area contributed by atoms with Crippen molar-refractivity contribution >= 4 is 29.2 Å². The number of amides is 1. The normalized spacial score (nSPS) is 16.1. The van der Waals surface area contributed by atoms with Crippen molar-refractivity contribution in [3.05, 3.63) is 15.6 Å². The number of thiazole rings is 1. The van der Waals surface area contributed by atoms with Gasteiger partial charge in [-0.3, -0.25) is 4.79 Å². The fourth-order valence-electron chi connectivity index (χ4n) is 3.33. The molecule has 0 spiro atoms. The van der Waals surface area contributed by atoms with E-state index in [-0.39, 0.29) is 24.5 Å². The highest BCUT2D eigenvalue weighted by Gasteiger charge is 2.21. The Hall–Kier alpha value is -2.16. The minimum Gasteiger partial charge on any atom is -0.462 e. The van der Waals surface area contributed by atoms with Crippen molar-refractivity contribution in [1.29, 1.82) is 0 Å². The molecule has 1 heterocycles. The summed E-state index contributed by atoms with van der Waals surface area (Å²) in [5.74, 6) is 0.819. The smallest absolute Gasteiger partial charge is 0.350 e. The Morgan fingerprint density at radius 3 is 2.63 bits per heavy atom. The van der Waals surface area contributed by atoms with E-state index in [0.29, 0.717) is 29.1 Å². The lowest BCUT2D eigenvalue weighted by Gasteiger charge is -2.24. The van der Waals surface area contributed by atoms with Gasteiger partial charge in [0.2, 0.25) is 5.91 Å². The SMILES string of the molecule is CCOC(=O)c1sc(C(C)NC(=NCC(=O)N(C)C)NCC2CCCCC2)nc1C. The molecule has 0 saturated heterocycles. The minimum atomic E-state index is -0.341. The summed E-state index contributed by atoms with van der Waals surface area (Å²) < 4.78 is 5.11. The molecule has 1 aliphatic rings. The molecule has 1 amide bonds. The third-order valence-corrected chi connectivity index (χ3v) is 6.47. The Balaban J connectivity index is 2.07. The number of likely N-dealkylation sites (N-methyl/N-ethyl adjacent to an activating group) is 1. The van der Waals surface area contributed by atoms with Crippen LogP contribution in [0.4, 0.5) is 0 Å². The molecule has 0 bridgehead atoms. The van der Waals surface area contributed by atoms with E-state index in [2.05, 4.69) is 20.6 Å². The maximum atomic E-state index is 12.1. The first-order valence-electron chi connectivity index (χ1n) is 10.7. The van der Waals surface area contributed by atoms with Crippen LogP contribution in [0.3, 0.4) is 0 Å². The minimum absolute atomic E-state index is 0.0592. The van der Waals surface area contributed by atoms with Crippen molar-refractivity contribution in [3.8, 4) is 0 Å². The molecule has 2 rings (SSSR count). The summed E-state index contributed by atoms with van der Waals surface area (Å²) in [5.41, 5.74) is 0.665. The number of hydrogen-bond donors (Lipinski definition) is 2. The monoisotopic (exact) mass is 437 g/mol. The number of hydrogen-bond acceptors (Lipinski definition) is 6. The summed E-state index contributed by atoms with van der Waals surface area (Å²) in [6.07, 6.45) is 6.31. The zero-order chi connectivity index (χ0) is 22.1. The van der Waals surface area contributed by atoms with Crippen LogP contribution < -0.4 is 10.6 Å². The molecule has 9 heteroatoms. The van der Waals surface area contributed by atoms with Crippen molar-refractivity contribution in [3.63, 3.8) is 0 Å². The first-order chi connectivity index (χ1) is 14.3. The van der Waals surface area contributed by atoms with Gasteiger partial charge in [-0.25, -0.2) is 14.8 Å². The van der Waals surface area contributed by atoms with E-state index in [1.54, 1.807) is 21.0 Å². The topological polar surface area (TPSA) is 95.9 Å². The lowest BCUT2D eigenvalue weighted by Crippen LogP contribution is -2.42. The summed E-state index contributed by atoms with van der Waals surface area (Å²) >= 11 is 1.33. The average molecular weight is 438 g/mol. The van der Waals surface area contributed by atoms with Crippen molar-refractivity contribution in [2.45, 2.75) is 58.9 Å². The first-order valence-corrected chi connectivity index (χ1v) is 11.5. The standard InChI is InChI=1S/C21H35N5O3S/c1-6-29-20(28)18-14(2)24-19(30-18)15(3)25-21(23-13-17(27)26(4)5)22-12-16-10-8-7-9-11-16/h15-16H,6-13H2,1-5H3,(H2,22,23,25). The van der Waals surface area contributed by atoms with Crippen LogP contribution in [0.15, 0.2) is 4.99 Å². The van der Waals surface area contributed by atoms with E-state index in [1.165, 1.54) is 48.3 Å². The molecular formula is C21H35N5O3S. The molecule has 1 fully saturated rings. The van der Waals surface area contributed by atoms with Crippen LogP contribution in [-0.4, -0.2) is 61.5 Å². The van der Waals surface area contributed by atoms with E-state index in [1.807, 2.05) is 13.8 Å². The molecule has 1 saturated carbocycles. The van der Waals surface area contributed by atoms with E-state index in [9.17, 15) is 9.59 Å². The molecule has 1 aromatic rings. The fraction of sp³-hybridized carbons (Fsp3) is 0.714. The van der Waals surface area contributed by atoms with Gasteiger partial charge < -0.3 is 20.3 Å². The summed E-state index contributed by atoms with van der Waals surface area (Å²) in [5, 5.41) is 7.52. The second-order valence-corrected chi connectivity index (χ2v) is 8.92. The summed E-state index contributed by atoms with van der Waals surface area (Å²) in [7, 11) is 3.44. The van der Waals surface area contributed by atoms with Crippen LogP contribution in [0.5, 0.6) is 0 Å². The lowest BCUT2D eigenvalue weighted by molar-refractivity contribution is -0.127. The molecule has 0 radical (unpaired) electrons. The Labute approximate surface area is 183 Å². The molecule has 168 valence electrons. The number of carbonyl (C=O) groups is 2. The van der Waals surface area contributed by atoms with Crippen molar-refractivity contribution < 1.29 is 14.3 Å². The predicted molar refractivity (Wildman–Crippen MR) is 120 cm³/mol. The van der Waals surface area contributed by atoms with Gasteiger partial charge in [0.15, 0.2) is 5.96 Å². The second-order valence-electron chi connectivity index (χ2n) is 7.89. The highest BCUT2D eigenvalue weighted by Crippen LogP contribution is 2.25. The third-order valence-electron chi connectivity index (χ3n) is 5.15. The molecule has 1 aliphatic carbocycles. The summed E-state index contributed by atoms with van der Waals surface area (Å²) in [4.78, 5) is 35.2. The highest BCUT2D eigenvalue weighted by atomic mass is 32.1. The maximum Gasteiger partial charge on any atom is 0.350 e. The van der Waals surface area contributed by atoms with Gasteiger partial charge >= 0.3 is 5.97 Å². The van der Waals surface area contributed by atoms with E-state index >= 15 is 0 Å². The number of nitrogens with zero attached hydrogens (tertiary/aromatic N) is 3. The number of ether oxygens (including phenoxy) is 1. The number of aromatic nitrogens is 1. The number of aryl methyl sites for hydroxylation is 1. The van der Waals surface area contributed by atoms with Gasteiger partial charge in [-0.2, -0.15) is 0 Å². The predicted octanol–water partition coefficient (Wildman–Crippen LogP) is 2.89. The molecule has 30 heavy (non-hydrogen) atoms. The molecule has 0 aromatic carbocycles. The van der Waals surface area contributed by atoms with Crippen LogP contribution in [0.25, 0.3) is 0 Å². The molecule has 8 nitrogen and oxygen atoms in total. The van der Waals surface area contributed by atoms with Crippen LogP contribution in [0.1, 0.15) is 72.4 Å². The number of esters is 1. The van der Waals surface area contributed by atoms with E-state index in [0.717, 1.165) is 11.6 Å². The van der Waals surface area contributed by atoms with Crippen molar-refractivity contribution in [1.82, 2.24) is 20.5 Å². The number of rotatable bonds is 8. The van der Waals surface area contributed by atoms with Crippen molar-refractivity contribution in [2.75, 3.05) is 33.8 Å². The zero-order valence-corrected chi connectivity index (χ0v) is 19.6. The summed E-state index contributed by atoms with van der Waals surface area (Å²) in [6.45, 7) is 6.81. The van der Waals surface area contributed by atoms with Gasteiger partial charge in [0.25, 0.3) is 0 Å². The quantitative estimate of drug-likeness (QED) is 0.369. The Bertz CT molecular complexity index is 741. The fourth-order valence-corrected chi connectivity index (χ4v) is 4.29. The Kier molecular flexibility index (Phi) is 9.55. The number of guanidine groups is 1. The van der Waals surface area contributed by atoms with Gasteiger partial charge in [0.05, 0.1) is 18.3 Å². The Morgan fingerprint density at radius 1 is 1.30 bits per heavy atom. The molecule has 2 N–H and O–H groups in total. The van der Waals surface area contributed by atoms with Gasteiger partial charge in [-0.05, 0) is 39.5 Å². The van der Waals surface area contributed by atoms with E-state index in [4.69, 9.17) is 4.74 Å². The van der Waals surface area contributed by atoms with Crippen LogP contribution in [-0.2, 0) is 9.53 Å². The zero-order valence-electron chi connectivity index (χ0n) is 18.8. The molecule has 1 aromatic heterocycles. The second kappa shape index (κ2) is 11.9. The third kappa shape index (κ3) is 7.27. The molecule has 1 unspecified atom stereocenters. The van der Waals surface area contributed by atoms with Crippen LogP contribution in [0, 0.1) is 12.8 Å². The molecule has 0 aliphatic heterocycles. The summed E-state index contributed by atoms with van der Waals surface area (Å²) in [6, 6.07) is -0.163. The van der Waals surface area contributed by atoms with Gasteiger partial charge in [0.1, 0.15) is 16.4 Å². The first kappa shape index (κ1) is 24.1. The Morgan fingerprint density at radius 2 is 2.00 bits per heavy atom. The van der Waals surface area contributed by atoms with Crippen LogP contribution in [0.2, 0.25) is 0 Å². The average Bonchev–Trinajstić information content (AvgIpc) is 3.12. The highest BCUT2D eigenvalue weighted by molar-refractivity contribution is 7.13. The number of carbonyl (C=O) groups excluding carboxylic acids is 2. The van der Waals surface area contributed by atoms with Crippen molar-refractivity contribution in [2.24, 2.45) is 10.9 Å². The lowest BCUT2D eigenvalue weighted by atomic mass is 9.89. The number of nitrogens with one attached hydrogen (secondary N) is 2. The maximum absolute atomic E-state index is 12.1. The van der Waals surface area contributed by atoms with Gasteiger partial charge in [-0.15, -0.1) is 11.3 Å². The number of aliphatic imine (C=N–C) groups is 1. The van der Waals surface area contributed by atoms with Crippen LogP contribution >= 0.6 is 11.3 Å².